The highest BCUT2D eigenvalue weighted by molar-refractivity contribution is 5.70. The molecule has 0 saturated carbocycles. The summed E-state index contributed by atoms with van der Waals surface area (Å²) >= 11 is 0. The number of aliphatic carboxylic acids is 1. The Morgan fingerprint density at radius 1 is 1.42 bits per heavy atom. The van der Waals surface area contributed by atoms with Crippen LogP contribution in [0.15, 0.2) is 0 Å². The zero-order valence-electron chi connectivity index (χ0n) is 7.20. The first-order valence-electron chi connectivity index (χ1n) is 4.74. The summed E-state index contributed by atoms with van der Waals surface area (Å²) < 4.78 is 0. The Bertz CT molecular complexity index is 179. The van der Waals surface area contributed by atoms with E-state index in [2.05, 4.69) is 4.90 Å². The summed E-state index contributed by atoms with van der Waals surface area (Å²) in [5.74, 6) is -0.697. The molecule has 0 aromatic rings. The van der Waals surface area contributed by atoms with E-state index in [1.807, 2.05) is 0 Å². The van der Waals surface area contributed by atoms with Crippen LogP contribution in [0.25, 0.3) is 0 Å². The minimum atomic E-state index is -0.607. The van der Waals surface area contributed by atoms with Crippen LogP contribution in [0.4, 0.5) is 0 Å². The van der Waals surface area contributed by atoms with Gasteiger partial charge in [-0.05, 0) is 25.8 Å². The SMILES string of the molecule is O=C(O)[C@H]1C[C@@H]2CCCCN2C1. The molecule has 2 saturated heterocycles. The number of hydrogen-bond donors (Lipinski definition) is 1. The largest absolute Gasteiger partial charge is 0.481 e. The van der Waals surface area contributed by atoms with Crippen LogP contribution in [0.3, 0.4) is 0 Å². The molecule has 0 aromatic heterocycles. The number of piperidine rings is 1. The van der Waals surface area contributed by atoms with Gasteiger partial charge in [0.25, 0.3) is 0 Å². The number of carbonyl (C=O) groups is 1. The van der Waals surface area contributed by atoms with Crippen molar-refractivity contribution in [2.75, 3.05) is 13.1 Å². The van der Waals surface area contributed by atoms with E-state index in [0.29, 0.717) is 6.04 Å². The van der Waals surface area contributed by atoms with Crippen LogP contribution in [-0.2, 0) is 4.79 Å². The van der Waals surface area contributed by atoms with Gasteiger partial charge >= 0.3 is 5.97 Å². The Labute approximate surface area is 72.4 Å². The molecule has 2 atom stereocenters. The van der Waals surface area contributed by atoms with Gasteiger partial charge in [0.05, 0.1) is 5.92 Å². The second-order valence-electron chi connectivity index (χ2n) is 3.92. The molecule has 12 heavy (non-hydrogen) atoms. The van der Waals surface area contributed by atoms with Crippen LogP contribution >= 0.6 is 0 Å². The van der Waals surface area contributed by atoms with E-state index in [1.54, 1.807) is 0 Å². The van der Waals surface area contributed by atoms with Gasteiger partial charge in [-0.1, -0.05) is 6.42 Å². The van der Waals surface area contributed by atoms with E-state index in [-0.39, 0.29) is 5.92 Å². The molecule has 0 radical (unpaired) electrons. The molecule has 0 aliphatic carbocycles. The summed E-state index contributed by atoms with van der Waals surface area (Å²) in [5, 5.41) is 8.83. The van der Waals surface area contributed by atoms with E-state index in [0.717, 1.165) is 19.5 Å². The Kier molecular flexibility index (Phi) is 2.05. The van der Waals surface area contributed by atoms with Crippen LogP contribution in [0.5, 0.6) is 0 Å². The fourth-order valence-electron chi connectivity index (χ4n) is 2.43. The minimum absolute atomic E-state index is 0.0897. The lowest BCUT2D eigenvalue weighted by atomic mass is 10.00. The van der Waals surface area contributed by atoms with Crippen LogP contribution in [0.1, 0.15) is 25.7 Å². The van der Waals surface area contributed by atoms with E-state index in [1.165, 1.54) is 19.3 Å². The zero-order valence-corrected chi connectivity index (χ0v) is 7.20. The molecule has 68 valence electrons. The van der Waals surface area contributed by atoms with Crippen molar-refractivity contribution >= 4 is 5.97 Å². The van der Waals surface area contributed by atoms with Crippen molar-refractivity contribution in [3.63, 3.8) is 0 Å². The standard InChI is InChI=1S/C9H15NO2/c11-9(12)7-5-8-3-1-2-4-10(8)6-7/h7-8H,1-6H2,(H,11,12)/t7-,8-/m0/s1. The molecule has 2 rings (SSSR count). The molecule has 3 heteroatoms. The topological polar surface area (TPSA) is 40.5 Å². The molecule has 0 unspecified atom stereocenters. The van der Waals surface area contributed by atoms with Gasteiger partial charge in [-0.2, -0.15) is 0 Å². The van der Waals surface area contributed by atoms with Gasteiger partial charge in [-0.15, -0.1) is 0 Å². The summed E-state index contributed by atoms with van der Waals surface area (Å²) in [6.07, 6.45) is 4.63. The first-order chi connectivity index (χ1) is 5.77. The maximum Gasteiger partial charge on any atom is 0.307 e. The molecule has 2 fully saturated rings. The average Bonchev–Trinajstić information content (AvgIpc) is 2.46. The van der Waals surface area contributed by atoms with Gasteiger partial charge in [0.15, 0.2) is 0 Å². The van der Waals surface area contributed by atoms with Crippen molar-refractivity contribution in [2.45, 2.75) is 31.7 Å². The first-order valence-corrected chi connectivity index (χ1v) is 4.74. The monoisotopic (exact) mass is 169 g/mol. The lowest BCUT2D eigenvalue weighted by Crippen LogP contribution is -2.34. The number of fused-ring (bicyclic) bond motifs is 1. The minimum Gasteiger partial charge on any atom is -0.481 e. The molecule has 3 nitrogen and oxygen atoms in total. The highest BCUT2D eigenvalue weighted by atomic mass is 16.4. The number of nitrogens with zero attached hydrogens (tertiary/aromatic N) is 1. The van der Waals surface area contributed by atoms with Gasteiger partial charge in [-0.25, -0.2) is 0 Å². The third kappa shape index (κ3) is 1.33. The van der Waals surface area contributed by atoms with Crippen molar-refractivity contribution in [2.24, 2.45) is 5.92 Å². The molecule has 1 N–H and O–H groups in total. The lowest BCUT2D eigenvalue weighted by molar-refractivity contribution is -0.141. The predicted octanol–water partition coefficient (Wildman–Crippen LogP) is 0.945. The van der Waals surface area contributed by atoms with Crippen LogP contribution < -0.4 is 0 Å². The fraction of sp³-hybridized carbons (Fsp3) is 0.889. The molecule has 0 spiro atoms. The summed E-state index contributed by atoms with van der Waals surface area (Å²) in [6.45, 7) is 1.91. The lowest BCUT2D eigenvalue weighted by Gasteiger charge is -2.28. The Balaban J connectivity index is 1.98. The number of carboxylic acid groups (broad SMARTS) is 1. The number of carboxylic acids is 1. The van der Waals surface area contributed by atoms with Gasteiger partial charge < -0.3 is 5.11 Å². The smallest absolute Gasteiger partial charge is 0.307 e. The second kappa shape index (κ2) is 3.05. The third-order valence-corrected chi connectivity index (χ3v) is 3.11. The fourth-order valence-corrected chi connectivity index (χ4v) is 2.43. The van der Waals surface area contributed by atoms with Crippen molar-refractivity contribution in [3.8, 4) is 0 Å². The average molecular weight is 169 g/mol. The first kappa shape index (κ1) is 8.05. The second-order valence-corrected chi connectivity index (χ2v) is 3.92. The maximum absolute atomic E-state index is 10.7. The summed E-state index contributed by atoms with van der Waals surface area (Å²) in [6, 6.07) is 0.583. The number of hydrogen-bond acceptors (Lipinski definition) is 2. The van der Waals surface area contributed by atoms with Crippen LogP contribution in [0.2, 0.25) is 0 Å². The molecular formula is C9H15NO2. The molecule has 2 aliphatic heterocycles. The Morgan fingerprint density at radius 2 is 2.25 bits per heavy atom. The van der Waals surface area contributed by atoms with Crippen molar-refractivity contribution in [3.05, 3.63) is 0 Å². The van der Waals surface area contributed by atoms with Crippen molar-refractivity contribution in [1.29, 1.82) is 0 Å². The molecule has 0 amide bonds. The van der Waals surface area contributed by atoms with Gasteiger partial charge in [0, 0.05) is 12.6 Å². The number of rotatable bonds is 1. The Hall–Kier alpha value is -0.570. The summed E-state index contributed by atoms with van der Waals surface area (Å²) in [5.41, 5.74) is 0. The summed E-state index contributed by atoms with van der Waals surface area (Å²) in [4.78, 5) is 13.1. The van der Waals surface area contributed by atoms with E-state index >= 15 is 0 Å². The zero-order chi connectivity index (χ0) is 8.55. The predicted molar refractivity (Wildman–Crippen MR) is 45.0 cm³/mol. The molecule has 2 aliphatic rings. The highest BCUT2D eigenvalue weighted by Crippen LogP contribution is 2.30. The molecule has 2 heterocycles. The summed E-state index contributed by atoms with van der Waals surface area (Å²) in [7, 11) is 0. The quantitative estimate of drug-likeness (QED) is 0.635. The van der Waals surface area contributed by atoms with Gasteiger partial charge in [0.1, 0.15) is 0 Å². The van der Waals surface area contributed by atoms with Gasteiger partial charge in [-0.3, -0.25) is 9.69 Å². The third-order valence-electron chi connectivity index (χ3n) is 3.11. The highest BCUT2D eigenvalue weighted by Gasteiger charge is 2.36. The van der Waals surface area contributed by atoms with Crippen molar-refractivity contribution in [1.82, 2.24) is 4.90 Å². The van der Waals surface area contributed by atoms with Crippen LogP contribution in [0, 0.1) is 5.92 Å². The van der Waals surface area contributed by atoms with Crippen LogP contribution in [-0.4, -0.2) is 35.1 Å². The van der Waals surface area contributed by atoms with E-state index < -0.39 is 5.97 Å². The van der Waals surface area contributed by atoms with E-state index in [4.69, 9.17) is 5.11 Å². The Morgan fingerprint density at radius 3 is 2.92 bits per heavy atom. The van der Waals surface area contributed by atoms with Crippen molar-refractivity contribution < 1.29 is 9.90 Å². The molecule has 0 aromatic carbocycles. The van der Waals surface area contributed by atoms with Gasteiger partial charge in [0.2, 0.25) is 0 Å². The molecular weight excluding hydrogens is 154 g/mol. The molecule has 0 bridgehead atoms. The maximum atomic E-state index is 10.7. The normalized spacial score (nSPS) is 36.3. The van der Waals surface area contributed by atoms with E-state index in [9.17, 15) is 4.79 Å².